The van der Waals surface area contributed by atoms with E-state index in [0.29, 0.717) is 16.5 Å². The number of hydrogen-bond acceptors (Lipinski definition) is 2. The molecular formula is C11H16ClNO. The van der Waals surface area contributed by atoms with E-state index >= 15 is 0 Å². The van der Waals surface area contributed by atoms with Crippen LogP contribution in [0.3, 0.4) is 0 Å². The molecule has 2 nitrogen and oxygen atoms in total. The molecule has 1 aromatic rings. The molecule has 0 saturated heterocycles. The highest BCUT2D eigenvalue weighted by atomic mass is 35.5. The largest absolute Gasteiger partial charge is 0.487 e. The van der Waals surface area contributed by atoms with Crippen LogP contribution in [-0.4, -0.2) is 6.10 Å². The summed E-state index contributed by atoms with van der Waals surface area (Å²) in [6, 6.07) is 5.39. The van der Waals surface area contributed by atoms with E-state index in [2.05, 4.69) is 6.92 Å². The fourth-order valence-corrected chi connectivity index (χ4v) is 1.54. The Balaban J connectivity index is 2.75. The summed E-state index contributed by atoms with van der Waals surface area (Å²) >= 11 is 5.97. The molecule has 1 atom stereocenters. The van der Waals surface area contributed by atoms with Gasteiger partial charge in [-0.3, -0.25) is 0 Å². The number of nitrogen functional groups attached to an aromatic ring is 1. The van der Waals surface area contributed by atoms with Crippen LogP contribution in [0.4, 0.5) is 5.69 Å². The molecule has 1 unspecified atom stereocenters. The Kier molecular flexibility index (Phi) is 4.08. The van der Waals surface area contributed by atoms with Crippen LogP contribution < -0.4 is 10.5 Å². The smallest absolute Gasteiger partial charge is 0.161 e. The quantitative estimate of drug-likeness (QED) is 0.778. The average molecular weight is 214 g/mol. The molecule has 0 aromatic heterocycles. The predicted molar refractivity (Wildman–Crippen MR) is 60.9 cm³/mol. The second-order valence-corrected chi connectivity index (χ2v) is 3.78. The van der Waals surface area contributed by atoms with E-state index in [1.165, 1.54) is 0 Å². The summed E-state index contributed by atoms with van der Waals surface area (Å²) in [5.74, 6) is 0.607. The topological polar surface area (TPSA) is 35.2 Å². The summed E-state index contributed by atoms with van der Waals surface area (Å²) in [6.07, 6.45) is 2.25. The Morgan fingerprint density at radius 1 is 1.50 bits per heavy atom. The third kappa shape index (κ3) is 2.81. The normalized spacial score (nSPS) is 12.5. The minimum absolute atomic E-state index is 0.155. The second-order valence-electron chi connectivity index (χ2n) is 3.38. The van der Waals surface area contributed by atoms with Gasteiger partial charge in [0.25, 0.3) is 0 Å². The Morgan fingerprint density at radius 3 is 2.79 bits per heavy atom. The monoisotopic (exact) mass is 213 g/mol. The highest BCUT2D eigenvalue weighted by molar-refractivity contribution is 6.32. The third-order valence-electron chi connectivity index (χ3n) is 2.01. The van der Waals surface area contributed by atoms with Crippen molar-refractivity contribution >= 4 is 17.3 Å². The SMILES string of the molecule is CCCC(C)Oc1c(N)cccc1Cl. The Bertz CT molecular complexity index is 281. The van der Waals surface area contributed by atoms with Crippen LogP contribution in [0.5, 0.6) is 5.75 Å². The number of hydrogen-bond donors (Lipinski definition) is 1. The van der Waals surface area contributed by atoms with Crippen LogP contribution in [0.1, 0.15) is 26.7 Å². The summed E-state index contributed by atoms with van der Waals surface area (Å²) in [5.41, 5.74) is 6.35. The van der Waals surface area contributed by atoms with Gasteiger partial charge in [0, 0.05) is 0 Å². The molecule has 2 N–H and O–H groups in total. The van der Waals surface area contributed by atoms with Crippen molar-refractivity contribution in [2.24, 2.45) is 0 Å². The Morgan fingerprint density at radius 2 is 2.21 bits per heavy atom. The van der Waals surface area contributed by atoms with E-state index in [1.807, 2.05) is 13.0 Å². The first-order valence-corrected chi connectivity index (χ1v) is 5.23. The van der Waals surface area contributed by atoms with Crippen molar-refractivity contribution < 1.29 is 4.74 Å². The molecule has 1 rings (SSSR count). The van der Waals surface area contributed by atoms with Gasteiger partial charge >= 0.3 is 0 Å². The lowest BCUT2D eigenvalue weighted by Gasteiger charge is -2.16. The highest BCUT2D eigenvalue weighted by Crippen LogP contribution is 2.31. The van der Waals surface area contributed by atoms with Crippen LogP contribution in [0.25, 0.3) is 0 Å². The maximum atomic E-state index is 5.97. The van der Waals surface area contributed by atoms with Gasteiger partial charge in [0.15, 0.2) is 5.75 Å². The predicted octanol–water partition coefficient (Wildman–Crippen LogP) is 3.49. The zero-order chi connectivity index (χ0) is 10.6. The van der Waals surface area contributed by atoms with Crippen molar-refractivity contribution in [3.8, 4) is 5.75 Å². The molecule has 78 valence electrons. The average Bonchev–Trinajstić information content (AvgIpc) is 2.12. The van der Waals surface area contributed by atoms with E-state index in [9.17, 15) is 0 Å². The molecule has 0 aliphatic carbocycles. The summed E-state index contributed by atoms with van der Waals surface area (Å²) < 4.78 is 5.66. The lowest BCUT2D eigenvalue weighted by molar-refractivity contribution is 0.211. The minimum atomic E-state index is 0.155. The summed E-state index contributed by atoms with van der Waals surface area (Å²) in [6.45, 7) is 4.14. The van der Waals surface area contributed by atoms with Crippen molar-refractivity contribution in [1.29, 1.82) is 0 Å². The number of ether oxygens (including phenoxy) is 1. The van der Waals surface area contributed by atoms with Gasteiger partial charge in [-0.1, -0.05) is 31.0 Å². The number of benzene rings is 1. The summed E-state index contributed by atoms with van der Waals surface area (Å²) in [5, 5.41) is 0.577. The van der Waals surface area contributed by atoms with Crippen LogP contribution in [0.15, 0.2) is 18.2 Å². The van der Waals surface area contributed by atoms with Crippen LogP contribution in [0, 0.1) is 0 Å². The van der Waals surface area contributed by atoms with Gasteiger partial charge in [0.1, 0.15) is 0 Å². The first kappa shape index (κ1) is 11.2. The molecule has 0 bridgehead atoms. The number of nitrogens with two attached hydrogens (primary N) is 1. The molecule has 0 amide bonds. The van der Waals surface area contributed by atoms with Gasteiger partial charge in [0.05, 0.1) is 16.8 Å². The molecule has 0 aliphatic rings. The number of anilines is 1. The first-order valence-electron chi connectivity index (χ1n) is 4.85. The van der Waals surface area contributed by atoms with Crippen molar-refractivity contribution in [2.75, 3.05) is 5.73 Å². The van der Waals surface area contributed by atoms with Gasteiger partial charge in [-0.15, -0.1) is 0 Å². The van der Waals surface area contributed by atoms with E-state index in [0.717, 1.165) is 12.8 Å². The molecular weight excluding hydrogens is 198 g/mol. The molecule has 0 heterocycles. The van der Waals surface area contributed by atoms with E-state index in [1.54, 1.807) is 12.1 Å². The third-order valence-corrected chi connectivity index (χ3v) is 2.31. The fourth-order valence-electron chi connectivity index (χ4n) is 1.32. The molecule has 14 heavy (non-hydrogen) atoms. The first-order chi connectivity index (χ1) is 6.65. The van der Waals surface area contributed by atoms with Gasteiger partial charge in [-0.05, 0) is 25.5 Å². The van der Waals surface area contributed by atoms with Crippen molar-refractivity contribution in [1.82, 2.24) is 0 Å². The summed E-state index contributed by atoms with van der Waals surface area (Å²) in [4.78, 5) is 0. The van der Waals surface area contributed by atoms with Gasteiger partial charge in [-0.25, -0.2) is 0 Å². The van der Waals surface area contributed by atoms with Gasteiger partial charge in [0.2, 0.25) is 0 Å². The molecule has 0 fully saturated rings. The minimum Gasteiger partial charge on any atom is -0.487 e. The summed E-state index contributed by atoms with van der Waals surface area (Å²) in [7, 11) is 0. The Labute approximate surface area is 90.0 Å². The van der Waals surface area contributed by atoms with Crippen molar-refractivity contribution in [3.05, 3.63) is 23.2 Å². The fraction of sp³-hybridized carbons (Fsp3) is 0.455. The Hall–Kier alpha value is -0.890. The zero-order valence-corrected chi connectivity index (χ0v) is 9.34. The van der Waals surface area contributed by atoms with Gasteiger partial charge < -0.3 is 10.5 Å². The van der Waals surface area contributed by atoms with Crippen LogP contribution in [0.2, 0.25) is 5.02 Å². The molecule has 3 heteroatoms. The second kappa shape index (κ2) is 5.11. The number of rotatable bonds is 4. The van der Waals surface area contributed by atoms with E-state index in [-0.39, 0.29) is 6.10 Å². The zero-order valence-electron chi connectivity index (χ0n) is 8.59. The number of halogens is 1. The van der Waals surface area contributed by atoms with E-state index < -0.39 is 0 Å². The molecule has 1 aromatic carbocycles. The van der Waals surface area contributed by atoms with Crippen LogP contribution in [-0.2, 0) is 0 Å². The molecule has 0 aliphatic heterocycles. The van der Waals surface area contributed by atoms with Crippen molar-refractivity contribution in [2.45, 2.75) is 32.8 Å². The lowest BCUT2D eigenvalue weighted by atomic mass is 10.2. The number of para-hydroxylation sites is 1. The molecule has 0 saturated carbocycles. The van der Waals surface area contributed by atoms with Crippen LogP contribution >= 0.6 is 11.6 Å². The standard InChI is InChI=1S/C11H16ClNO/c1-3-5-8(2)14-11-9(12)6-4-7-10(11)13/h4,6-8H,3,5,13H2,1-2H3. The lowest BCUT2D eigenvalue weighted by Crippen LogP contribution is -2.12. The maximum Gasteiger partial charge on any atom is 0.161 e. The molecule has 0 spiro atoms. The maximum absolute atomic E-state index is 5.97. The molecule has 0 radical (unpaired) electrons. The van der Waals surface area contributed by atoms with Crippen molar-refractivity contribution in [3.63, 3.8) is 0 Å². The van der Waals surface area contributed by atoms with Gasteiger partial charge in [-0.2, -0.15) is 0 Å². The highest BCUT2D eigenvalue weighted by Gasteiger charge is 2.09. The van der Waals surface area contributed by atoms with E-state index in [4.69, 9.17) is 22.1 Å².